The van der Waals surface area contributed by atoms with Crippen LogP contribution < -0.4 is 15.2 Å². The van der Waals surface area contributed by atoms with Crippen molar-refractivity contribution < 1.29 is 14.2 Å². The first-order valence-corrected chi connectivity index (χ1v) is 12.2. The standard InChI is InChI=1S/C27H27N5O4/c1-31-15-19(14-28-31)24-6-2-4-20(29-24)16-35-21-7-8-23-18(12-21)9-10-32-25(23)13-26(30-27(32)33)36-17-22-5-3-11-34-22/h2,4,6-8,12-15,22H,3,5,9-11,16-17H2,1H3. The smallest absolute Gasteiger partial charge is 0.351 e. The van der Waals surface area contributed by atoms with Gasteiger partial charge in [-0.1, -0.05) is 6.07 Å². The van der Waals surface area contributed by atoms with Gasteiger partial charge in [-0.2, -0.15) is 10.1 Å². The van der Waals surface area contributed by atoms with Crippen LogP contribution in [0.3, 0.4) is 0 Å². The molecule has 5 heterocycles. The Kier molecular flexibility index (Phi) is 5.98. The van der Waals surface area contributed by atoms with E-state index in [1.54, 1.807) is 15.4 Å². The second-order valence-corrected chi connectivity index (χ2v) is 9.13. The number of aromatic nitrogens is 5. The highest BCUT2D eigenvalue weighted by Gasteiger charge is 2.21. The van der Waals surface area contributed by atoms with Gasteiger partial charge >= 0.3 is 5.69 Å². The number of ether oxygens (including phenoxy) is 3. The summed E-state index contributed by atoms with van der Waals surface area (Å²) in [5.74, 6) is 1.11. The maximum Gasteiger partial charge on any atom is 0.351 e. The maximum absolute atomic E-state index is 12.7. The Morgan fingerprint density at radius 1 is 1.14 bits per heavy atom. The SMILES string of the molecule is Cn1cc(-c2cccc(COc3ccc4c(c3)CCn3c-4cc(OCC4CCCO4)nc3=O)n2)cn1. The average molecular weight is 486 g/mol. The van der Waals surface area contributed by atoms with Crippen LogP contribution in [-0.2, 0) is 31.4 Å². The maximum atomic E-state index is 12.7. The second-order valence-electron chi connectivity index (χ2n) is 9.13. The van der Waals surface area contributed by atoms with E-state index in [-0.39, 0.29) is 11.8 Å². The molecular weight excluding hydrogens is 458 g/mol. The first-order valence-electron chi connectivity index (χ1n) is 12.2. The molecule has 0 bridgehead atoms. The van der Waals surface area contributed by atoms with E-state index in [1.165, 1.54) is 0 Å². The van der Waals surface area contributed by atoms with Crippen molar-refractivity contribution in [2.75, 3.05) is 13.2 Å². The number of rotatable bonds is 7. The first-order chi connectivity index (χ1) is 17.6. The van der Waals surface area contributed by atoms with Gasteiger partial charge in [0.25, 0.3) is 0 Å². The Morgan fingerprint density at radius 2 is 2.08 bits per heavy atom. The molecular formula is C27H27N5O4. The van der Waals surface area contributed by atoms with Crippen molar-refractivity contribution in [2.45, 2.75) is 38.5 Å². The van der Waals surface area contributed by atoms with Gasteiger partial charge in [-0.15, -0.1) is 0 Å². The lowest BCUT2D eigenvalue weighted by Crippen LogP contribution is -2.29. The van der Waals surface area contributed by atoms with Crippen LogP contribution in [0, 0.1) is 0 Å². The molecule has 1 aromatic carbocycles. The van der Waals surface area contributed by atoms with E-state index in [2.05, 4.69) is 10.1 Å². The predicted molar refractivity (Wildman–Crippen MR) is 133 cm³/mol. The third-order valence-corrected chi connectivity index (χ3v) is 6.58. The zero-order chi connectivity index (χ0) is 24.5. The summed E-state index contributed by atoms with van der Waals surface area (Å²) in [6, 6.07) is 13.7. The Hall–Kier alpha value is -3.98. The third-order valence-electron chi connectivity index (χ3n) is 6.58. The van der Waals surface area contributed by atoms with Crippen LogP contribution in [-0.4, -0.2) is 43.6 Å². The number of hydrogen-bond donors (Lipinski definition) is 0. The van der Waals surface area contributed by atoms with Gasteiger partial charge in [0.15, 0.2) is 0 Å². The minimum Gasteiger partial charge on any atom is -0.487 e. The summed E-state index contributed by atoms with van der Waals surface area (Å²) in [4.78, 5) is 21.5. The van der Waals surface area contributed by atoms with Crippen LogP contribution >= 0.6 is 0 Å². The number of hydrogen-bond acceptors (Lipinski definition) is 7. The lowest BCUT2D eigenvalue weighted by molar-refractivity contribution is 0.0661. The van der Waals surface area contributed by atoms with Gasteiger partial charge in [0, 0.05) is 43.6 Å². The van der Waals surface area contributed by atoms with Crippen LogP contribution in [0.2, 0.25) is 0 Å². The molecule has 1 saturated heterocycles. The van der Waals surface area contributed by atoms with Gasteiger partial charge < -0.3 is 14.2 Å². The fraction of sp³-hybridized carbons (Fsp3) is 0.333. The molecule has 0 radical (unpaired) electrons. The highest BCUT2D eigenvalue weighted by molar-refractivity contribution is 5.67. The molecule has 0 aliphatic carbocycles. The molecule has 1 atom stereocenters. The monoisotopic (exact) mass is 485 g/mol. The van der Waals surface area contributed by atoms with Gasteiger partial charge in [0.05, 0.1) is 29.4 Å². The molecule has 184 valence electrons. The van der Waals surface area contributed by atoms with E-state index >= 15 is 0 Å². The minimum atomic E-state index is -0.291. The van der Waals surface area contributed by atoms with Gasteiger partial charge in [-0.05, 0) is 55.2 Å². The molecule has 2 aliphatic heterocycles. The van der Waals surface area contributed by atoms with E-state index in [1.807, 2.05) is 55.7 Å². The van der Waals surface area contributed by atoms with E-state index in [0.29, 0.717) is 25.6 Å². The Labute approximate surface area is 208 Å². The van der Waals surface area contributed by atoms with Crippen LogP contribution in [0.15, 0.2) is 59.7 Å². The van der Waals surface area contributed by atoms with Crippen LogP contribution in [0.25, 0.3) is 22.5 Å². The van der Waals surface area contributed by atoms with Crippen LogP contribution in [0.1, 0.15) is 24.1 Å². The molecule has 1 unspecified atom stereocenters. The summed E-state index contributed by atoms with van der Waals surface area (Å²) < 4.78 is 21.0. The fourth-order valence-electron chi connectivity index (χ4n) is 4.73. The van der Waals surface area contributed by atoms with Gasteiger partial charge in [-0.3, -0.25) is 9.25 Å². The van der Waals surface area contributed by atoms with Crippen molar-refractivity contribution in [2.24, 2.45) is 7.05 Å². The molecule has 9 nitrogen and oxygen atoms in total. The van der Waals surface area contributed by atoms with Gasteiger partial charge in [0.2, 0.25) is 5.88 Å². The lowest BCUT2D eigenvalue weighted by atomic mass is 9.97. The van der Waals surface area contributed by atoms with E-state index in [0.717, 1.165) is 65.4 Å². The number of aryl methyl sites for hydroxylation is 2. The molecule has 0 N–H and O–H groups in total. The molecule has 0 saturated carbocycles. The number of pyridine rings is 1. The highest BCUT2D eigenvalue weighted by atomic mass is 16.5. The zero-order valence-corrected chi connectivity index (χ0v) is 20.1. The van der Waals surface area contributed by atoms with Crippen molar-refractivity contribution >= 4 is 0 Å². The molecule has 3 aromatic heterocycles. The van der Waals surface area contributed by atoms with Crippen molar-refractivity contribution in [3.05, 3.63) is 76.6 Å². The molecule has 6 rings (SSSR count). The van der Waals surface area contributed by atoms with Crippen molar-refractivity contribution in [3.8, 4) is 34.1 Å². The van der Waals surface area contributed by atoms with E-state index in [4.69, 9.17) is 19.2 Å². The topological polar surface area (TPSA) is 93.3 Å². The Bertz CT molecular complexity index is 1450. The first kappa shape index (κ1) is 22.5. The van der Waals surface area contributed by atoms with Crippen molar-refractivity contribution in [3.63, 3.8) is 0 Å². The largest absolute Gasteiger partial charge is 0.487 e. The van der Waals surface area contributed by atoms with Crippen LogP contribution in [0.4, 0.5) is 0 Å². The van der Waals surface area contributed by atoms with Crippen LogP contribution in [0.5, 0.6) is 11.6 Å². The number of fused-ring (bicyclic) bond motifs is 3. The molecule has 2 aliphatic rings. The number of nitrogens with zero attached hydrogens (tertiary/aromatic N) is 5. The average Bonchev–Trinajstić information content (AvgIpc) is 3.58. The molecule has 0 spiro atoms. The van der Waals surface area contributed by atoms with E-state index < -0.39 is 0 Å². The lowest BCUT2D eigenvalue weighted by Gasteiger charge is -2.22. The molecule has 36 heavy (non-hydrogen) atoms. The second kappa shape index (κ2) is 9.58. The summed E-state index contributed by atoms with van der Waals surface area (Å²) in [6.45, 7) is 2.09. The predicted octanol–water partition coefficient (Wildman–Crippen LogP) is 3.40. The van der Waals surface area contributed by atoms with Gasteiger partial charge in [-0.25, -0.2) is 9.78 Å². The summed E-state index contributed by atoms with van der Waals surface area (Å²) in [5, 5.41) is 4.22. The quantitative estimate of drug-likeness (QED) is 0.396. The van der Waals surface area contributed by atoms with Crippen molar-refractivity contribution in [1.29, 1.82) is 0 Å². The molecule has 1 fully saturated rings. The third kappa shape index (κ3) is 4.61. The summed E-state index contributed by atoms with van der Waals surface area (Å²) >= 11 is 0. The minimum absolute atomic E-state index is 0.0668. The zero-order valence-electron chi connectivity index (χ0n) is 20.1. The molecule has 4 aromatic rings. The normalized spacial score (nSPS) is 16.4. The number of benzene rings is 1. The summed E-state index contributed by atoms with van der Waals surface area (Å²) in [5.41, 5.74) is 5.31. The molecule has 0 amide bonds. The fourth-order valence-corrected chi connectivity index (χ4v) is 4.73. The Morgan fingerprint density at radius 3 is 2.92 bits per heavy atom. The molecule has 9 heteroatoms. The van der Waals surface area contributed by atoms with Crippen molar-refractivity contribution in [1.82, 2.24) is 24.3 Å². The summed E-state index contributed by atoms with van der Waals surface area (Å²) in [7, 11) is 1.89. The van der Waals surface area contributed by atoms with E-state index in [9.17, 15) is 4.79 Å². The van der Waals surface area contributed by atoms with Gasteiger partial charge in [0.1, 0.15) is 19.0 Å². The summed E-state index contributed by atoms with van der Waals surface area (Å²) in [6.07, 6.45) is 6.54. The highest BCUT2D eigenvalue weighted by Crippen LogP contribution is 2.32. The Balaban J connectivity index is 1.18.